The first-order valence-electron chi connectivity index (χ1n) is 5.19. The number of aliphatic hydroxyl groups is 1. The lowest BCUT2D eigenvalue weighted by Crippen LogP contribution is -2.33. The summed E-state index contributed by atoms with van der Waals surface area (Å²) in [6.07, 6.45) is 1.41. The molecule has 17 heavy (non-hydrogen) atoms. The number of nitrogens with zero attached hydrogens (tertiary/aromatic N) is 1. The van der Waals surface area contributed by atoms with Crippen molar-refractivity contribution in [2.24, 2.45) is 0 Å². The van der Waals surface area contributed by atoms with E-state index >= 15 is 0 Å². The molecule has 6 heteroatoms. The van der Waals surface area contributed by atoms with Crippen LogP contribution in [0, 0.1) is 10.6 Å². The molecule has 0 saturated heterocycles. The Morgan fingerprint density at radius 1 is 1.53 bits per heavy atom. The molecule has 0 saturated carbocycles. The summed E-state index contributed by atoms with van der Waals surface area (Å²) in [4.78, 5) is 0. The summed E-state index contributed by atoms with van der Waals surface area (Å²) in [5, 5.41) is 27.7. The fraction of sp³-hybridized carbons (Fsp3) is 0.455. The molecule has 1 heterocycles. The van der Waals surface area contributed by atoms with E-state index < -0.39 is 0 Å². The van der Waals surface area contributed by atoms with Gasteiger partial charge in [-0.05, 0) is 6.07 Å². The Labute approximate surface area is 99.5 Å². The predicted molar refractivity (Wildman–Crippen MR) is 61.3 cm³/mol. The van der Waals surface area contributed by atoms with E-state index in [2.05, 4.69) is 0 Å². The second-order valence-corrected chi connectivity index (χ2v) is 3.42. The molecule has 94 valence electrons. The lowest BCUT2D eigenvalue weighted by molar-refractivity contribution is -0.613. The number of methoxy groups -OCH3 is 1. The molecule has 2 N–H and O–H groups in total. The SMILES string of the molecule is COCCOc1ccc[n+]([O-])c1CC(=N)CO. The van der Waals surface area contributed by atoms with E-state index in [1.807, 2.05) is 0 Å². The summed E-state index contributed by atoms with van der Waals surface area (Å²) in [6, 6.07) is 3.23. The Bertz CT molecular complexity index is 382. The van der Waals surface area contributed by atoms with Gasteiger partial charge in [-0.2, -0.15) is 4.73 Å². The van der Waals surface area contributed by atoms with Crippen molar-refractivity contribution < 1.29 is 19.3 Å². The maximum Gasteiger partial charge on any atom is 0.240 e. The van der Waals surface area contributed by atoms with Crippen molar-refractivity contribution in [2.75, 3.05) is 26.9 Å². The van der Waals surface area contributed by atoms with E-state index in [0.717, 1.165) is 0 Å². The highest BCUT2D eigenvalue weighted by Gasteiger charge is 2.15. The summed E-state index contributed by atoms with van der Waals surface area (Å²) < 4.78 is 10.9. The summed E-state index contributed by atoms with van der Waals surface area (Å²) in [5.74, 6) is 0.415. The van der Waals surface area contributed by atoms with Gasteiger partial charge >= 0.3 is 0 Å². The van der Waals surface area contributed by atoms with Gasteiger partial charge in [-0.25, -0.2) is 0 Å². The molecule has 0 fully saturated rings. The van der Waals surface area contributed by atoms with Crippen LogP contribution in [0.25, 0.3) is 0 Å². The quantitative estimate of drug-likeness (QED) is 0.301. The Balaban J connectivity index is 2.80. The van der Waals surface area contributed by atoms with E-state index in [0.29, 0.717) is 29.4 Å². The van der Waals surface area contributed by atoms with Crippen molar-refractivity contribution in [1.29, 1.82) is 5.41 Å². The Kier molecular flexibility index (Phi) is 5.38. The molecule has 0 amide bonds. The average Bonchev–Trinajstić information content (AvgIpc) is 2.33. The van der Waals surface area contributed by atoms with Crippen molar-refractivity contribution in [1.82, 2.24) is 0 Å². The number of pyridine rings is 1. The van der Waals surface area contributed by atoms with Crippen LogP contribution >= 0.6 is 0 Å². The van der Waals surface area contributed by atoms with Gasteiger partial charge in [0.15, 0.2) is 11.9 Å². The number of aromatic nitrogens is 1. The maximum atomic E-state index is 11.6. The summed E-state index contributed by atoms with van der Waals surface area (Å²) in [6.45, 7) is 0.386. The lowest BCUT2D eigenvalue weighted by atomic mass is 10.2. The number of nitrogens with one attached hydrogen (secondary N) is 1. The predicted octanol–water partition coefficient (Wildman–Crippen LogP) is -0.100. The number of aliphatic hydroxyl groups excluding tert-OH is 1. The topological polar surface area (TPSA) is 89.5 Å². The molecule has 0 aliphatic rings. The van der Waals surface area contributed by atoms with Crippen LogP contribution in [-0.2, 0) is 11.2 Å². The van der Waals surface area contributed by atoms with Crippen molar-refractivity contribution >= 4 is 5.71 Å². The summed E-state index contributed by atoms with van der Waals surface area (Å²) in [7, 11) is 1.56. The van der Waals surface area contributed by atoms with Crippen LogP contribution in [0.15, 0.2) is 18.3 Å². The monoisotopic (exact) mass is 240 g/mol. The van der Waals surface area contributed by atoms with Crippen LogP contribution in [0.5, 0.6) is 5.75 Å². The minimum Gasteiger partial charge on any atom is -0.618 e. The number of hydrogen-bond acceptors (Lipinski definition) is 5. The normalized spacial score (nSPS) is 10.2. The Morgan fingerprint density at radius 2 is 2.29 bits per heavy atom. The van der Waals surface area contributed by atoms with Gasteiger partial charge in [-0.15, -0.1) is 0 Å². The van der Waals surface area contributed by atoms with Crippen LogP contribution in [0.3, 0.4) is 0 Å². The lowest BCUT2D eigenvalue weighted by Gasteiger charge is -2.10. The highest BCUT2D eigenvalue weighted by molar-refractivity contribution is 5.84. The van der Waals surface area contributed by atoms with Gasteiger partial charge in [-0.1, -0.05) is 0 Å². The van der Waals surface area contributed by atoms with Crippen LogP contribution in [0.1, 0.15) is 5.69 Å². The molecule has 1 aromatic rings. The summed E-state index contributed by atoms with van der Waals surface area (Å²) >= 11 is 0. The van der Waals surface area contributed by atoms with Gasteiger partial charge in [-0.3, -0.25) is 0 Å². The minimum atomic E-state index is -0.369. The zero-order valence-corrected chi connectivity index (χ0v) is 9.68. The number of ether oxygens (including phenoxy) is 2. The second kappa shape index (κ2) is 6.82. The largest absolute Gasteiger partial charge is 0.618 e. The molecule has 0 aliphatic carbocycles. The van der Waals surface area contributed by atoms with Gasteiger partial charge in [0.05, 0.1) is 19.6 Å². The molecular weight excluding hydrogens is 224 g/mol. The summed E-state index contributed by atoms with van der Waals surface area (Å²) in [5.41, 5.74) is 0.389. The second-order valence-electron chi connectivity index (χ2n) is 3.42. The van der Waals surface area contributed by atoms with Crippen LogP contribution in [0.4, 0.5) is 0 Å². The van der Waals surface area contributed by atoms with Crippen LogP contribution in [0.2, 0.25) is 0 Å². The third kappa shape index (κ3) is 4.01. The number of hydrogen-bond donors (Lipinski definition) is 2. The fourth-order valence-electron chi connectivity index (χ4n) is 1.29. The fourth-order valence-corrected chi connectivity index (χ4v) is 1.29. The minimum absolute atomic E-state index is 0.0670. The van der Waals surface area contributed by atoms with Gasteiger partial charge in [0, 0.05) is 18.9 Å². The molecule has 1 aromatic heterocycles. The molecule has 1 rings (SSSR count). The van der Waals surface area contributed by atoms with Crippen LogP contribution in [-0.4, -0.2) is 37.7 Å². The van der Waals surface area contributed by atoms with Crippen molar-refractivity contribution in [2.45, 2.75) is 6.42 Å². The van der Waals surface area contributed by atoms with Gasteiger partial charge in [0.2, 0.25) is 5.69 Å². The molecule has 6 nitrogen and oxygen atoms in total. The molecule has 0 spiro atoms. The zero-order valence-electron chi connectivity index (χ0n) is 9.68. The van der Waals surface area contributed by atoms with Crippen LogP contribution < -0.4 is 9.47 Å². The first-order chi connectivity index (χ1) is 8.19. The Morgan fingerprint density at radius 3 is 2.94 bits per heavy atom. The van der Waals surface area contributed by atoms with Crippen molar-refractivity contribution in [3.05, 3.63) is 29.2 Å². The molecule has 0 unspecified atom stereocenters. The smallest absolute Gasteiger partial charge is 0.240 e. The first kappa shape index (κ1) is 13.4. The molecular formula is C11H16N2O4. The van der Waals surface area contributed by atoms with E-state index in [4.69, 9.17) is 20.0 Å². The van der Waals surface area contributed by atoms with Gasteiger partial charge in [0.1, 0.15) is 6.61 Å². The van der Waals surface area contributed by atoms with E-state index in [9.17, 15) is 5.21 Å². The molecule has 0 bridgehead atoms. The number of rotatable bonds is 7. The maximum absolute atomic E-state index is 11.6. The standard InChI is InChI=1S/C11H16N2O4/c1-16-5-6-17-11-3-2-4-13(15)10(11)7-9(12)8-14/h2-4,12,14H,5-8H2,1H3. The van der Waals surface area contributed by atoms with Gasteiger partial charge in [0.25, 0.3) is 0 Å². The average molecular weight is 240 g/mol. The third-order valence-electron chi connectivity index (χ3n) is 2.14. The highest BCUT2D eigenvalue weighted by atomic mass is 16.5. The molecule has 0 aromatic carbocycles. The van der Waals surface area contributed by atoms with E-state index in [1.54, 1.807) is 19.2 Å². The molecule has 0 atom stereocenters. The van der Waals surface area contributed by atoms with E-state index in [-0.39, 0.29) is 18.7 Å². The first-order valence-corrected chi connectivity index (χ1v) is 5.19. The molecule has 0 aliphatic heterocycles. The Hall–Kier alpha value is -1.66. The van der Waals surface area contributed by atoms with Crippen molar-refractivity contribution in [3.63, 3.8) is 0 Å². The van der Waals surface area contributed by atoms with Crippen molar-refractivity contribution in [3.8, 4) is 5.75 Å². The third-order valence-corrected chi connectivity index (χ3v) is 2.14. The molecule has 0 radical (unpaired) electrons. The van der Waals surface area contributed by atoms with Gasteiger partial charge < -0.3 is 25.2 Å². The zero-order chi connectivity index (χ0) is 12.7. The van der Waals surface area contributed by atoms with E-state index in [1.165, 1.54) is 6.20 Å². The highest BCUT2D eigenvalue weighted by Crippen LogP contribution is 2.14.